The molecular formula is C20H29N3O2. The smallest absolute Gasteiger partial charge is 0.313 e. The van der Waals surface area contributed by atoms with Crippen LogP contribution in [-0.4, -0.2) is 42.9 Å². The van der Waals surface area contributed by atoms with Crippen molar-refractivity contribution in [1.82, 2.24) is 4.90 Å². The average Bonchev–Trinajstić information content (AvgIpc) is 2.63. The van der Waals surface area contributed by atoms with E-state index in [0.717, 1.165) is 31.8 Å². The van der Waals surface area contributed by atoms with Crippen molar-refractivity contribution in [2.75, 3.05) is 36.4 Å². The highest BCUT2D eigenvalue weighted by Gasteiger charge is 2.25. The molecule has 3 rings (SSSR count). The molecule has 0 bridgehead atoms. The van der Waals surface area contributed by atoms with E-state index in [2.05, 4.69) is 24.1 Å². The van der Waals surface area contributed by atoms with Crippen LogP contribution in [0.4, 0.5) is 11.4 Å². The van der Waals surface area contributed by atoms with E-state index in [9.17, 15) is 9.59 Å². The molecule has 2 fully saturated rings. The van der Waals surface area contributed by atoms with Gasteiger partial charge in [0.05, 0.1) is 0 Å². The van der Waals surface area contributed by atoms with E-state index in [1.54, 1.807) is 4.90 Å². The average molecular weight is 343 g/mol. The van der Waals surface area contributed by atoms with Gasteiger partial charge >= 0.3 is 11.8 Å². The number of carbonyl (C=O) groups is 2. The summed E-state index contributed by atoms with van der Waals surface area (Å²) in [5, 5.41) is 2.74. The van der Waals surface area contributed by atoms with Gasteiger partial charge in [-0.25, -0.2) is 0 Å². The second-order valence-corrected chi connectivity index (χ2v) is 7.65. The van der Waals surface area contributed by atoms with Crippen LogP contribution >= 0.6 is 0 Å². The summed E-state index contributed by atoms with van der Waals surface area (Å²) in [5.74, 6) is 0.492. The maximum absolute atomic E-state index is 12.3. The zero-order valence-corrected chi connectivity index (χ0v) is 15.3. The van der Waals surface area contributed by atoms with Crippen LogP contribution in [0, 0.1) is 11.8 Å². The predicted octanol–water partition coefficient (Wildman–Crippen LogP) is 3.12. The van der Waals surface area contributed by atoms with Gasteiger partial charge in [0.1, 0.15) is 0 Å². The van der Waals surface area contributed by atoms with Crippen LogP contribution in [0.25, 0.3) is 0 Å². The summed E-state index contributed by atoms with van der Waals surface area (Å²) in [5.41, 5.74) is 1.86. The largest absolute Gasteiger partial charge is 0.372 e. The SMILES string of the molecule is CC1CCN(C(=O)C(=O)Nc2ccc(N3CCC(C)CC3)cc2)CC1. The number of carbonyl (C=O) groups excluding carboxylic acids is 2. The molecule has 136 valence electrons. The molecule has 2 aliphatic rings. The number of anilines is 2. The number of hydrogen-bond acceptors (Lipinski definition) is 3. The van der Waals surface area contributed by atoms with Gasteiger partial charge in [0.2, 0.25) is 0 Å². The molecule has 0 aromatic heterocycles. The Morgan fingerprint density at radius 3 is 1.96 bits per heavy atom. The predicted molar refractivity (Wildman–Crippen MR) is 101 cm³/mol. The van der Waals surface area contributed by atoms with Crippen molar-refractivity contribution in [1.29, 1.82) is 0 Å². The molecule has 0 saturated carbocycles. The highest BCUT2D eigenvalue weighted by molar-refractivity contribution is 6.39. The van der Waals surface area contributed by atoms with Crippen LogP contribution in [0.3, 0.4) is 0 Å². The molecule has 5 heteroatoms. The highest BCUT2D eigenvalue weighted by Crippen LogP contribution is 2.24. The Morgan fingerprint density at radius 2 is 1.40 bits per heavy atom. The monoisotopic (exact) mass is 343 g/mol. The summed E-state index contributed by atoms with van der Waals surface area (Å²) in [6, 6.07) is 7.82. The second-order valence-electron chi connectivity index (χ2n) is 7.65. The normalized spacial score (nSPS) is 19.8. The zero-order valence-electron chi connectivity index (χ0n) is 15.3. The van der Waals surface area contributed by atoms with Gasteiger partial charge in [0.25, 0.3) is 0 Å². The van der Waals surface area contributed by atoms with Crippen LogP contribution < -0.4 is 10.2 Å². The lowest BCUT2D eigenvalue weighted by molar-refractivity contribution is -0.144. The van der Waals surface area contributed by atoms with Crippen LogP contribution in [0.5, 0.6) is 0 Å². The first-order chi connectivity index (χ1) is 12.0. The molecule has 1 aromatic rings. The fraction of sp³-hybridized carbons (Fsp3) is 0.600. The molecule has 0 atom stereocenters. The Morgan fingerprint density at radius 1 is 0.880 bits per heavy atom. The Kier molecular flexibility index (Phi) is 5.61. The van der Waals surface area contributed by atoms with Crippen molar-refractivity contribution in [2.24, 2.45) is 11.8 Å². The van der Waals surface area contributed by atoms with Crippen LogP contribution in [0.2, 0.25) is 0 Å². The van der Waals surface area contributed by atoms with Gasteiger partial charge in [-0.1, -0.05) is 13.8 Å². The van der Waals surface area contributed by atoms with Crippen molar-refractivity contribution in [3.63, 3.8) is 0 Å². The van der Waals surface area contributed by atoms with Crippen LogP contribution in [0.1, 0.15) is 39.5 Å². The molecule has 25 heavy (non-hydrogen) atoms. The molecule has 5 nitrogen and oxygen atoms in total. The third-order valence-electron chi connectivity index (χ3n) is 5.54. The summed E-state index contributed by atoms with van der Waals surface area (Å²) < 4.78 is 0. The van der Waals surface area contributed by atoms with Crippen molar-refractivity contribution in [2.45, 2.75) is 39.5 Å². The fourth-order valence-corrected chi connectivity index (χ4v) is 3.56. The van der Waals surface area contributed by atoms with Gasteiger partial charge in [-0.05, 0) is 61.8 Å². The van der Waals surface area contributed by atoms with E-state index in [1.807, 2.05) is 24.3 Å². The quantitative estimate of drug-likeness (QED) is 0.840. The number of piperidine rings is 2. The fourth-order valence-electron chi connectivity index (χ4n) is 3.56. The van der Waals surface area contributed by atoms with E-state index in [1.165, 1.54) is 18.5 Å². The molecule has 1 N–H and O–H groups in total. The minimum atomic E-state index is -0.533. The second kappa shape index (κ2) is 7.89. The molecule has 0 radical (unpaired) electrons. The van der Waals surface area contributed by atoms with Gasteiger partial charge in [0.15, 0.2) is 0 Å². The lowest BCUT2D eigenvalue weighted by Crippen LogP contribution is -2.43. The number of amides is 2. The number of likely N-dealkylation sites (tertiary alicyclic amines) is 1. The molecular weight excluding hydrogens is 314 g/mol. The summed E-state index contributed by atoms with van der Waals surface area (Å²) in [4.78, 5) is 28.5. The standard InChI is InChI=1S/C20H29N3O2/c1-15-7-11-22(12-8-15)18-5-3-17(4-6-18)21-19(24)20(25)23-13-9-16(2)10-14-23/h3-6,15-16H,7-14H2,1-2H3,(H,21,24). The first-order valence-electron chi connectivity index (χ1n) is 9.48. The minimum absolute atomic E-state index is 0.416. The Hall–Kier alpha value is -2.04. The number of nitrogens with zero attached hydrogens (tertiary/aromatic N) is 2. The summed E-state index contributed by atoms with van der Waals surface area (Å²) >= 11 is 0. The summed E-state index contributed by atoms with van der Waals surface area (Å²) in [6.45, 7) is 8.01. The van der Waals surface area contributed by atoms with Crippen molar-refractivity contribution < 1.29 is 9.59 Å². The van der Waals surface area contributed by atoms with Gasteiger partial charge in [-0.3, -0.25) is 9.59 Å². The van der Waals surface area contributed by atoms with Gasteiger partial charge in [-0.15, -0.1) is 0 Å². The van der Waals surface area contributed by atoms with Crippen molar-refractivity contribution >= 4 is 23.2 Å². The number of nitrogens with one attached hydrogen (secondary N) is 1. The molecule has 0 unspecified atom stereocenters. The van der Waals surface area contributed by atoms with Gasteiger partial charge < -0.3 is 15.1 Å². The van der Waals surface area contributed by atoms with E-state index >= 15 is 0 Å². The van der Waals surface area contributed by atoms with Crippen molar-refractivity contribution in [3.8, 4) is 0 Å². The van der Waals surface area contributed by atoms with Crippen molar-refractivity contribution in [3.05, 3.63) is 24.3 Å². The maximum Gasteiger partial charge on any atom is 0.313 e. The molecule has 1 aromatic carbocycles. The lowest BCUT2D eigenvalue weighted by atomic mass is 9.99. The van der Waals surface area contributed by atoms with E-state index in [-0.39, 0.29) is 0 Å². The Bertz CT molecular complexity index is 598. The van der Waals surface area contributed by atoms with E-state index < -0.39 is 11.8 Å². The van der Waals surface area contributed by atoms with Gasteiger partial charge in [-0.2, -0.15) is 0 Å². The Labute approximate surface area is 150 Å². The molecule has 2 heterocycles. The summed E-state index contributed by atoms with van der Waals surface area (Å²) in [6.07, 6.45) is 4.40. The van der Waals surface area contributed by atoms with E-state index in [4.69, 9.17) is 0 Å². The molecule has 0 spiro atoms. The zero-order chi connectivity index (χ0) is 17.8. The minimum Gasteiger partial charge on any atom is -0.372 e. The van der Waals surface area contributed by atoms with Gasteiger partial charge in [0, 0.05) is 37.6 Å². The first kappa shape index (κ1) is 17.8. The third-order valence-corrected chi connectivity index (χ3v) is 5.54. The molecule has 0 aliphatic carbocycles. The number of hydrogen-bond donors (Lipinski definition) is 1. The molecule has 2 amide bonds. The third kappa shape index (κ3) is 4.53. The van der Waals surface area contributed by atoms with E-state index in [0.29, 0.717) is 24.7 Å². The maximum atomic E-state index is 12.3. The molecule has 2 aliphatic heterocycles. The highest BCUT2D eigenvalue weighted by atomic mass is 16.2. The van der Waals surface area contributed by atoms with Crippen LogP contribution in [0.15, 0.2) is 24.3 Å². The topological polar surface area (TPSA) is 52.7 Å². The lowest BCUT2D eigenvalue weighted by Gasteiger charge is -2.32. The summed E-state index contributed by atoms with van der Waals surface area (Å²) in [7, 11) is 0. The number of rotatable bonds is 2. The first-order valence-corrected chi connectivity index (χ1v) is 9.48. The Balaban J connectivity index is 1.54. The molecule has 2 saturated heterocycles. The van der Waals surface area contributed by atoms with Crippen LogP contribution in [-0.2, 0) is 9.59 Å². The number of benzene rings is 1.